The molecule has 0 amide bonds. The predicted octanol–water partition coefficient (Wildman–Crippen LogP) is 12.9. The lowest BCUT2D eigenvalue weighted by atomic mass is 9.81. The van der Waals surface area contributed by atoms with Crippen LogP contribution in [0.15, 0.2) is 158 Å². The minimum absolute atomic E-state index is 0.0324. The van der Waals surface area contributed by atoms with E-state index in [0.29, 0.717) is 0 Å². The zero-order valence-corrected chi connectivity index (χ0v) is 27.0. The van der Waals surface area contributed by atoms with E-state index in [0.717, 1.165) is 0 Å². The van der Waals surface area contributed by atoms with Crippen molar-refractivity contribution in [1.82, 2.24) is 4.57 Å². The van der Waals surface area contributed by atoms with Gasteiger partial charge in [-0.1, -0.05) is 142 Å². The summed E-state index contributed by atoms with van der Waals surface area (Å²) in [6, 6.07) is 58.3. The second-order valence-corrected chi connectivity index (χ2v) is 13.8. The molecule has 0 aliphatic rings. The molecule has 224 valence electrons. The number of nitrogens with zero attached hydrogens (tertiary/aromatic N) is 1. The summed E-state index contributed by atoms with van der Waals surface area (Å²) in [6.45, 7) is 6.91. The fourth-order valence-corrected chi connectivity index (χ4v) is 7.59. The van der Waals surface area contributed by atoms with Gasteiger partial charge in [0.25, 0.3) is 0 Å². The number of benzene rings is 8. The highest BCUT2D eigenvalue weighted by Gasteiger charge is 2.21. The summed E-state index contributed by atoms with van der Waals surface area (Å²) in [5, 5.41) is 10.2. The molecular weight excluding hydrogens is 567 g/mol. The van der Waals surface area contributed by atoms with Crippen molar-refractivity contribution >= 4 is 54.1 Å². The summed E-state index contributed by atoms with van der Waals surface area (Å²) in [5.41, 5.74) is 10.1. The monoisotopic (exact) mass is 601 g/mol. The van der Waals surface area contributed by atoms with Crippen molar-refractivity contribution in [2.75, 3.05) is 0 Å². The summed E-state index contributed by atoms with van der Waals surface area (Å²) in [5.74, 6) is 0. The quantitative estimate of drug-likeness (QED) is 0.178. The first-order chi connectivity index (χ1) is 23.0. The van der Waals surface area contributed by atoms with Crippen LogP contribution in [0, 0.1) is 0 Å². The van der Waals surface area contributed by atoms with Gasteiger partial charge >= 0.3 is 0 Å². The van der Waals surface area contributed by atoms with E-state index in [-0.39, 0.29) is 5.41 Å². The summed E-state index contributed by atoms with van der Waals surface area (Å²) < 4.78 is 2.39. The molecule has 0 aliphatic heterocycles. The van der Waals surface area contributed by atoms with Crippen molar-refractivity contribution in [3.05, 3.63) is 163 Å². The Morgan fingerprint density at radius 3 is 1.53 bits per heavy atom. The van der Waals surface area contributed by atoms with Crippen molar-refractivity contribution < 1.29 is 0 Å². The first-order valence-electron chi connectivity index (χ1n) is 16.5. The summed E-state index contributed by atoms with van der Waals surface area (Å²) in [7, 11) is 0. The van der Waals surface area contributed by atoms with E-state index in [2.05, 4.69) is 183 Å². The Labute approximate surface area is 275 Å². The van der Waals surface area contributed by atoms with Gasteiger partial charge < -0.3 is 4.57 Å². The second kappa shape index (κ2) is 10.4. The van der Waals surface area contributed by atoms with Gasteiger partial charge in [0, 0.05) is 16.5 Å². The Kier molecular flexibility index (Phi) is 6.14. The Morgan fingerprint density at radius 2 is 0.894 bits per heavy atom. The maximum atomic E-state index is 2.45. The molecule has 0 fully saturated rings. The van der Waals surface area contributed by atoms with Crippen LogP contribution in [-0.4, -0.2) is 4.57 Å². The maximum Gasteiger partial charge on any atom is 0.0541 e. The van der Waals surface area contributed by atoms with E-state index < -0.39 is 0 Å². The van der Waals surface area contributed by atoms with Crippen molar-refractivity contribution in [2.24, 2.45) is 0 Å². The highest BCUT2D eigenvalue weighted by molar-refractivity contribution is 6.22. The van der Waals surface area contributed by atoms with Gasteiger partial charge in [0.15, 0.2) is 0 Å². The molecule has 0 saturated carbocycles. The molecule has 1 aromatic heterocycles. The Hall–Kier alpha value is -5.66. The molecule has 47 heavy (non-hydrogen) atoms. The molecule has 0 radical (unpaired) electrons. The van der Waals surface area contributed by atoms with Gasteiger partial charge in [0.1, 0.15) is 0 Å². The molecule has 0 N–H and O–H groups in total. The zero-order valence-electron chi connectivity index (χ0n) is 27.0. The van der Waals surface area contributed by atoms with Crippen molar-refractivity contribution in [1.29, 1.82) is 0 Å². The SMILES string of the molecule is CC(C)(C)c1ccc2c(-c3ccc(-n4c5ccccc5c5ccccc54)cc3)c3ccccc3c(-c3ccc4ccccc4c3)c2c1. The number of hydrogen-bond acceptors (Lipinski definition) is 0. The molecule has 9 aromatic rings. The van der Waals surface area contributed by atoms with Crippen LogP contribution in [-0.2, 0) is 5.41 Å². The molecule has 0 bridgehead atoms. The second-order valence-electron chi connectivity index (χ2n) is 13.8. The summed E-state index contributed by atoms with van der Waals surface area (Å²) in [4.78, 5) is 0. The normalized spacial score (nSPS) is 12.1. The average molecular weight is 602 g/mol. The Bertz CT molecular complexity index is 2590. The van der Waals surface area contributed by atoms with E-state index in [4.69, 9.17) is 0 Å². The molecule has 9 rings (SSSR count). The van der Waals surface area contributed by atoms with Gasteiger partial charge in [0.2, 0.25) is 0 Å². The lowest BCUT2D eigenvalue weighted by Gasteiger charge is -2.23. The number of para-hydroxylation sites is 2. The number of hydrogen-bond donors (Lipinski definition) is 0. The zero-order chi connectivity index (χ0) is 31.7. The molecule has 0 unspecified atom stereocenters. The van der Waals surface area contributed by atoms with Gasteiger partial charge in [-0.25, -0.2) is 0 Å². The number of aromatic nitrogens is 1. The van der Waals surface area contributed by atoms with E-state index in [9.17, 15) is 0 Å². The van der Waals surface area contributed by atoms with Gasteiger partial charge in [-0.3, -0.25) is 0 Å². The van der Waals surface area contributed by atoms with Crippen LogP contribution in [0.4, 0.5) is 0 Å². The van der Waals surface area contributed by atoms with Crippen LogP contribution in [0.2, 0.25) is 0 Å². The topological polar surface area (TPSA) is 4.93 Å². The Morgan fingerprint density at radius 1 is 0.383 bits per heavy atom. The maximum absolute atomic E-state index is 2.45. The van der Waals surface area contributed by atoms with Gasteiger partial charge in [-0.05, 0) is 102 Å². The summed E-state index contributed by atoms with van der Waals surface area (Å²) in [6.07, 6.45) is 0. The van der Waals surface area contributed by atoms with Crippen molar-refractivity contribution in [2.45, 2.75) is 26.2 Å². The third-order valence-electron chi connectivity index (χ3n) is 9.92. The lowest BCUT2D eigenvalue weighted by molar-refractivity contribution is 0.591. The van der Waals surface area contributed by atoms with Crippen LogP contribution >= 0.6 is 0 Å². The highest BCUT2D eigenvalue weighted by Crippen LogP contribution is 2.45. The van der Waals surface area contributed by atoms with Crippen LogP contribution in [0.25, 0.3) is 82.1 Å². The molecule has 1 nitrogen and oxygen atoms in total. The molecule has 8 aromatic carbocycles. The largest absolute Gasteiger partial charge is 0.309 e. The predicted molar refractivity (Wildman–Crippen MR) is 203 cm³/mol. The van der Waals surface area contributed by atoms with Crippen LogP contribution in [0.3, 0.4) is 0 Å². The highest BCUT2D eigenvalue weighted by atomic mass is 15.0. The van der Waals surface area contributed by atoms with Crippen molar-refractivity contribution in [3.63, 3.8) is 0 Å². The van der Waals surface area contributed by atoms with E-state index in [1.165, 1.54) is 87.6 Å². The van der Waals surface area contributed by atoms with Crippen LogP contribution in [0.1, 0.15) is 26.3 Å². The summed E-state index contributed by atoms with van der Waals surface area (Å²) >= 11 is 0. The Balaban J connectivity index is 1.31. The fraction of sp³-hybridized carbons (Fsp3) is 0.0870. The molecule has 0 atom stereocenters. The number of rotatable bonds is 3. The van der Waals surface area contributed by atoms with Gasteiger partial charge in [0.05, 0.1) is 11.0 Å². The minimum Gasteiger partial charge on any atom is -0.309 e. The average Bonchev–Trinajstić information content (AvgIpc) is 3.44. The molecule has 0 spiro atoms. The molecule has 1 heteroatoms. The number of fused-ring (bicyclic) bond motifs is 6. The molecule has 0 aliphatic carbocycles. The molecule has 1 heterocycles. The van der Waals surface area contributed by atoms with Gasteiger partial charge in [-0.2, -0.15) is 0 Å². The van der Waals surface area contributed by atoms with Gasteiger partial charge in [-0.15, -0.1) is 0 Å². The van der Waals surface area contributed by atoms with Crippen LogP contribution in [0.5, 0.6) is 0 Å². The van der Waals surface area contributed by atoms with E-state index in [1.54, 1.807) is 0 Å². The van der Waals surface area contributed by atoms with Crippen molar-refractivity contribution in [3.8, 4) is 27.9 Å². The molecule has 0 saturated heterocycles. The van der Waals surface area contributed by atoms with Crippen LogP contribution < -0.4 is 0 Å². The van der Waals surface area contributed by atoms with E-state index >= 15 is 0 Å². The smallest absolute Gasteiger partial charge is 0.0541 e. The lowest BCUT2D eigenvalue weighted by Crippen LogP contribution is -2.10. The third-order valence-corrected chi connectivity index (χ3v) is 9.92. The first-order valence-corrected chi connectivity index (χ1v) is 16.5. The minimum atomic E-state index is 0.0324. The molecular formula is C46H35N. The standard InChI is InChI=1S/C46H35N/c1-46(2,3)34-24-27-40-41(29-34)45(33-21-20-30-12-4-5-13-32(30)28-33)39-17-7-6-16-38(39)44(40)31-22-25-35(26-23-31)47-42-18-10-8-14-36(42)37-15-9-11-19-43(37)47/h4-29H,1-3H3. The first kappa shape index (κ1) is 27.6. The van der Waals surface area contributed by atoms with E-state index in [1.807, 2.05) is 0 Å². The third kappa shape index (κ3) is 4.38. The fourth-order valence-electron chi connectivity index (χ4n) is 7.59.